The molecule has 1 saturated heterocycles. The van der Waals surface area contributed by atoms with Crippen LogP contribution in [-0.2, 0) is 4.74 Å². The molecule has 0 spiro atoms. The van der Waals surface area contributed by atoms with Crippen LogP contribution in [0.2, 0.25) is 0 Å². The van der Waals surface area contributed by atoms with Crippen molar-refractivity contribution in [2.24, 2.45) is 5.92 Å². The molecule has 0 aromatic heterocycles. The van der Waals surface area contributed by atoms with Gasteiger partial charge in [-0.15, -0.1) is 0 Å². The minimum Gasteiger partial charge on any atom is -0.390 e. The lowest BCUT2D eigenvalue weighted by atomic mass is 9.98. The number of hydrogen-bond acceptors (Lipinski definition) is 4. The van der Waals surface area contributed by atoms with Gasteiger partial charge in [-0.1, -0.05) is 29.5 Å². The monoisotopic (exact) mass is 274 g/mol. The van der Waals surface area contributed by atoms with Crippen LogP contribution in [0.25, 0.3) is 0 Å². The standard InChI is InChI=1S/C6H11IO4/c1-2-3(8)4(9)6(10)11-5(2)7/h2-6,8-10H,1H3/t2?,3?,4?,5-,6?/m1/s1. The van der Waals surface area contributed by atoms with Crippen LogP contribution in [0.1, 0.15) is 6.92 Å². The van der Waals surface area contributed by atoms with Crippen LogP contribution in [0.4, 0.5) is 0 Å². The Morgan fingerprint density at radius 3 is 2.27 bits per heavy atom. The van der Waals surface area contributed by atoms with E-state index in [2.05, 4.69) is 0 Å². The van der Waals surface area contributed by atoms with E-state index in [1.807, 2.05) is 22.6 Å². The van der Waals surface area contributed by atoms with Gasteiger partial charge < -0.3 is 20.1 Å². The van der Waals surface area contributed by atoms with Crippen LogP contribution in [-0.4, -0.2) is 37.9 Å². The van der Waals surface area contributed by atoms with Gasteiger partial charge in [-0.3, -0.25) is 0 Å². The molecular weight excluding hydrogens is 263 g/mol. The van der Waals surface area contributed by atoms with Crippen LogP contribution >= 0.6 is 22.6 Å². The maximum absolute atomic E-state index is 9.29. The maximum atomic E-state index is 9.29. The van der Waals surface area contributed by atoms with E-state index in [-0.39, 0.29) is 10.0 Å². The Morgan fingerprint density at radius 2 is 1.73 bits per heavy atom. The molecule has 0 aromatic rings. The van der Waals surface area contributed by atoms with Gasteiger partial charge in [-0.05, 0) is 0 Å². The van der Waals surface area contributed by atoms with Gasteiger partial charge in [-0.25, -0.2) is 0 Å². The second kappa shape index (κ2) is 3.53. The lowest BCUT2D eigenvalue weighted by Gasteiger charge is -2.36. The summed E-state index contributed by atoms with van der Waals surface area (Å²) in [7, 11) is 0. The van der Waals surface area contributed by atoms with E-state index in [4.69, 9.17) is 14.9 Å². The first kappa shape index (κ1) is 9.66. The minimum absolute atomic E-state index is 0.158. The van der Waals surface area contributed by atoms with Gasteiger partial charge in [-0.2, -0.15) is 0 Å². The fourth-order valence-corrected chi connectivity index (χ4v) is 1.70. The molecule has 0 aromatic carbocycles. The Balaban J connectivity index is 2.63. The molecule has 0 radical (unpaired) electrons. The number of aliphatic hydroxyl groups excluding tert-OH is 3. The lowest BCUT2D eigenvalue weighted by Crippen LogP contribution is -2.51. The van der Waals surface area contributed by atoms with Crippen LogP contribution < -0.4 is 0 Å². The summed E-state index contributed by atoms with van der Waals surface area (Å²) in [6.45, 7) is 1.76. The fraction of sp³-hybridized carbons (Fsp3) is 1.00. The second-order valence-corrected chi connectivity index (χ2v) is 3.95. The molecule has 3 N–H and O–H groups in total. The Hall–Kier alpha value is 0.570. The van der Waals surface area contributed by atoms with E-state index < -0.39 is 18.5 Å². The average molecular weight is 274 g/mol. The van der Waals surface area contributed by atoms with Crippen LogP contribution in [0.5, 0.6) is 0 Å². The van der Waals surface area contributed by atoms with Crippen molar-refractivity contribution in [1.29, 1.82) is 0 Å². The molecule has 1 heterocycles. The summed E-state index contributed by atoms with van der Waals surface area (Å²) in [5.41, 5.74) is 0. The molecule has 0 amide bonds. The SMILES string of the molecule is CC1C(O)C(O)C(O)O[C@H]1I. The number of alkyl halides is 1. The van der Waals surface area contributed by atoms with Gasteiger partial charge in [0, 0.05) is 5.92 Å². The molecule has 4 nitrogen and oxygen atoms in total. The first-order chi connectivity index (χ1) is 5.04. The molecule has 0 bridgehead atoms. The summed E-state index contributed by atoms with van der Waals surface area (Å²) in [5.74, 6) is -0.158. The van der Waals surface area contributed by atoms with Gasteiger partial charge in [0.25, 0.3) is 0 Å². The molecule has 1 fully saturated rings. The molecule has 0 saturated carbocycles. The van der Waals surface area contributed by atoms with Crippen molar-refractivity contribution in [1.82, 2.24) is 0 Å². The third kappa shape index (κ3) is 1.83. The smallest absolute Gasteiger partial charge is 0.184 e. The van der Waals surface area contributed by atoms with E-state index in [1.165, 1.54) is 0 Å². The van der Waals surface area contributed by atoms with Gasteiger partial charge in [0.05, 0.1) is 6.10 Å². The normalized spacial score (nSPS) is 52.6. The summed E-state index contributed by atoms with van der Waals surface area (Å²) >= 11 is 1.97. The van der Waals surface area contributed by atoms with Crippen molar-refractivity contribution < 1.29 is 20.1 Å². The highest BCUT2D eigenvalue weighted by Crippen LogP contribution is 2.28. The van der Waals surface area contributed by atoms with E-state index in [0.29, 0.717) is 0 Å². The second-order valence-electron chi connectivity index (χ2n) is 2.72. The zero-order chi connectivity index (χ0) is 8.59. The molecule has 1 aliphatic heterocycles. The van der Waals surface area contributed by atoms with Crippen LogP contribution in [0, 0.1) is 5.92 Å². The van der Waals surface area contributed by atoms with Crippen molar-refractivity contribution in [3.8, 4) is 0 Å². The molecule has 5 atom stereocenters. The first-order valence-corrected chi connectivity index (χ1v) is 4.62. The van der Waals surface area contributed by atoms with Crippen molar-refractivity contribution in [3.05, 3.63) is 0 Å². The average Bonchev–Trinajstić information content (AvgIpc) is 1.97. The Labute approximate surface area is 78.3 Å². The predicted molar refractivity (Wildman–Crippen MR) is 46.1 cm³/mol. The van der Waals surface area contributed by atoms with Crippen LogP contribution in [0.3, 0.4) is 0 Å². The summed E-state index contributed by atoms with van der Waals surface area (Å²) in [6, 6.07) is 0. The highest BCUT2D eigenvalue weighted by molar-refractivity contribution is 14.1. The summed E-state index contributed by atoms with van der Waals surface area (Å²) < 4.78 is 4.66. The van der Waals surface area contributed by atoms with Gasteiger partial charge >= 0.3 is 0 Å². The maximum Gasteiger partial charge on any atom is 0.184 e. The first-order valence-electron chi connectivity index (χ1n) is 3.37. The zero-order valence-electron chi connectivity index (χ0n) is 6.01. The Kier molecular flexibility index (Phi) is 3.10. The highest BCUT2D eigenvalue weighted by Gasteiger charge is 2.39. The van der Waals surface area contributed by atoms with Crippen LogP contribution in [0.15, 0.2) is 0 Å². The van der Waals surface area contributed by atoms with E-state index >= 15 is 0 Å². The van der Waals surface area contributed by atoms with E-state index in [9.17, 15) is 5.11 Å². The molecule has 11 heavy (non-hydrogen) atoms. The topological polar surface area (TPSA) is 69.9 Å². The summed E-state index contributed by atoms with van der Waals surface area (Å²) in [6.07, 6.45) is -3.35. The highest BCUT2D eigenvalue weighted by atomic mass is 127. The fourth-order valence-electron chi connectivity index (χ4n) is 0.972. The largest absolute Gasteiger partial charge is 0.390 e. The Morgan fingerprint density at radius 1 is 1.18 bits per heavy atom. The lowest BCUT2D eigenvalue weighted by molar-refractivity contribution is -0.242. The number of halogens is 1. The quantitative estimate of drug-likeness (QED) is 0.409. The molecule has 66 valence electrons. The molecular formula is C6H11IO4. The van der Waals surface area contributed by atoms with Crippen molar-refractivity contribution >= 4 is 22.6 Å². The van der Waals surface area contributed by atoms with Crippen molar-refractivity contribution in [3.63, 3.8) is 0 Å². The molecule has 4 unspecified atom stereocenters. The number of aliphatic hydroxyl groups is 3. The predicted octanol–water partition coefficient (Wildman–Crippen LogP) is -0.546. The number of rotatable bonds is 0. The zero-order valence-corrected chi connectivity index (χ0v) is 8.17. The third-order valence-electron chi connectivity index (χ3n) is 1.86. The summed E-state index contributed by atoms with van der Waals surface area (Å²) in [5, 5.41) is 27.4. The summed E-state index contributed by atoms with van der Waals surface area (Å²) in [4.78, 5) is 0. The van der Waals surface area contributed by atoms with E-state index in [0.717, 1.165) is 0 Å². The minimum atomic E-state index is -1.26. The number of hydrogen-bond donors (Lipinski definition) is 3. The molecule has 5 heteroatoms. The van der Waals surface area contributed by atoms with Gasteiger partial charge in [0.1, 0.15) is 10.2 Å². The number of ether oxygens (including phenoxy) is 1. The molecule has 1 aliphatic rings. The third-order valence-corrected chi connectivity index (χ3v) is 3.29. The van der Waals surface area contributed by atoms with Gasteiger partial charge in [0.15, 0.2) is 6.29 Å². The van der Waals surface area contributed by atoms with Crippen molar-refractivity contribution in [2.75, 3.05) is 0 Å². The van der Waals surface area contributed by atoms with Crippen molar-refractivity contribution in [2.45, 2.75) is 29.5 Å². The Bertz CT molecular complexity index is 129. The van der Waals surface area contributed by atoms with Gasteiger partial charge in [0.2, 0.25) is 0 Å². The molecule has 1 rings (SSSR count). The van der Waals surface area contributed by atoms with E-state index in [1.54, 1.807) is 6.92 Å². The molecule has 0 aliphatic carbocycles.